The fourth-order valence-corrected chi connectivity index (χ4v) is 3.26. The van der Waals surface area contributed by atoms with Crippen LogP contribution in [0.2, 0.25) is 0 Å². The van der Waals surface area contributed by atoms with Crippen LogP contribution in [0.25, 0.3) is 16.8 Å². The molecule has 0 aliphatic carbocycles. The molecule has 0 aliphatic rings. The first-order chi connectivity index (χ1) is 12.4. The minimum atomic E-state index is 0.0267. The van der Waals surface area contributed by atoms with Crippen LogP contribution in [0.15, 0.2) is 30.3 Å². The second-order valence-corrected chi connectivity index (χ2v) is 6.88. The van der Waals surface area contributed by atoms with Crippen LogP contribution in [-0.2, 0) is 11.2 Å². The molecule has 0 radical (unpaired) electrons. The standard InChI is InChI=1S/C21H26N4O/c1-6-13(2)22-19(26)12-18-14(3)23-21-20(17-10-8-7-9-11-17)15(4)24-25(21)16(18)5/h7-11,13H,6,12H2,1-5H3,(H,22,26)/t13-/m0/s1. The van der Waals surface area contributed by atoms with Gasteiger partial charge in [0.2, 0.25) is 5.91 Å². The fraction of sp³-hybridized carbons (Fsp3) is 0.381. The van der Waals surface area contributed by atoms with Gasteiger partial charge >= 0.3 is 0 Å². The summed E-state index contributed by atoms with van der Waals surface area (Å²) in [6.07, 6.45) is 1.24. The van der Waals surface area contributed by atoms with Gasteiger partial charge in [0.15, 0.2) is 5.65 Å². The van der Waals surface area contributed by atoms with Crippen molar-refractivity contribution >= 4 is 11.6 Å². The molecule has 3 aromatic rings. The number of aryl methyl sites for hydroxylation is 3. The maximum absolute atomic E-state index is 12.3. The first kappa shape index (κ1) is 18.1. The summed E-state index contributed by atoms with van der Waals surface area (Å²) >= 11 is 0. The van der Waals surface area contributed by atoms with Gasteiger partial charge in [-0.15, -0.1) is 0 Å². The molecule has 1 atom stereocenters. The molecule has 0 saturated heterocycles. The SMILES string of the molecule is CC[C@H](C)NC(=O)Cc1c(C)nc2c(-c3ccccc3)c(C)nn2c1C. The monoisotopic (exact) mass is 350 g/mol. The third-order valence-electron chi connectivity index (χ3n) is 4.92. The van der Waals surface area contributed by atoms with Crippen molar-refractivity contribution in [1.82, 2.24) is 19.9 Å². The van der Waals surface area contributed by atoms with Crippen molar-refractivity contribution in [2.24, 2.45) is 0 Å². The first-order valence-electron chi connectivity index (χ1n) is 9.12. The van der Waals surface area contributed by atoms with Crippen molar-refractivity contribution < 1.29 is 4.79 Å². The molecule has 2 heterocycles. The van der Waals surface area contributed by atoms with Gasteiger partial charge in [0, 0.05) is 28.6 Å². The highest BCUT2D eigenvalue weighted by molar-refractivity contribution is 5.82. The Kier molecular flexibility index (Phi) is 5.07. The lowest BCUT2D eigenvalue weighted by Gasteiger charge is -2.14. The van der Waals surface area contributed by atoms with Crippen molar-refractivity contribution in [3.63, 3.8) is 0 Å². The third kappa shape index (κ3) is 3.34. The minimum Gasteiger partial charge on any atom is -0.353 e. The highest BCUT2D eigenvalue weighted by Gasteiger charge is 2.19. The van der Waals surface area contributed by atoms with E-state index in [1.165, 1.54) is 0 Å². The molecule has 5 heteroatoms. The molecule has 3 rings (SSSR count). The van der Waals surface area contributed by atoms with Gasteiger partial charge in [0.1, 0.15) is 0 Å². The highest BCUT2D eigenvalue weighted by Crippen LogP contribution is 2.29. The molecule has 1 aromatic carbocycles. The van der Waals surface area contributed by atoms with Crippen LogP contribution >= 0.6 is 0 Å². The van der Waals surface area contributed by atoms with Crippen LogP contribution in [0.5, 0.6) is 0 Å². The topological polar surface area (TPSA) is 59.3 Å². The van der Waals surface area contributed by atoms with Crippen molar-refractivity contribution in [1.29, 1.82) is 0 Å². The zero-order valence-corrected chi connectivity index (χ0v) is 16.1. The average Bonchev–Trinajstić information content (AvgIpc) is 2.95. The van der Waals surface area contributed by atoms with E-state index in [1.807, 2.05) is 50.4 Å². The molecule has 1 amide bonds. The summed E-state index contributed by atoms with van der Waals surface area (Å²) in [4.78, 5) is 17.2. The average molecular weight is 350 g/mol. The summed E-state index contributed by atoms with van der Waals surface area (Å²) < 4.78 is 1.87. The molecule has 26 heavy (non-hydrogen) atoms. The molecule has 0 bridgehead atoms. The van der Waals surface area contributed by atoms with Gasteiger partial charge in [0.05, 0.1) is 12.1 Å². The number of nitrogens with one attached hydrogen (secondary N) is 1. The summed E-state index contributed by atoms with van der Waals surface area (Å²) in [6.45, 7) is 10.1. The van der Waals surface area contributed by atoms with Crippen LogP contribution in [0, 0.1) is 20.8 Å². The van der Waals surface area contributed by atoms with Gasteiger partial charge in [-0.2, -0.15) is 5.10 Å². The van der Waals surface area contributed by atoms with Crippen LogP contribution in [0.1, 0.15) is 42.9 Å². The van der Waals surface area contributed by atoms with Gasteiger partial charge in [-0.1, -0.05) is 37.3 Å². The van der Waals surface area contributed by atoms with Gasteiger partial charge in [-0.25, -0.2) is 9.50 Å². The molecular weight excluding hydrogens is 324 g/mol. The molecule has 0 saturated carbocycles. The normalized spacial score (nSPS) is 12.3. The van der Waals surface area contributed by atoms with Crippen LogP contribution < -0.4 is 5.32 Å². The lowest BCUT2D eigenvalue weighted by atomic mass is 10.1. The number of amides is 1. The van der Waals surface area contributed by atoms with Crippen molar-refractivity contribution in [3.8, 4) is 11.1 Å². The highest BCUT2D eigenvalue weighted by atomic mass is 16.1. The quantitative estimate of drug-likeness (QED) is 0.762. The number of carbonyl (C=O) groups excluding carboxylic acids is 1. The van der Waals surface area contributed by atoms with Crippen molar-refractivity contribution in [3.05, 3.63) is 53.0 Å². The number of fused-ring (bicyclic) bond motifs is 1. The van der Waals surface area contributed by atoms with E-state index in [4.69, 9.17) is 10.1 Å². The van der Waals surface area contributed by atoms with Crippen LogP contribution in [0.3, 0.4) is 0 Å². The van der Waals surface area contributed by atoms with E-state index >= 15 is 0 Å². The third-order valence-corrected chi connectivity index (χ3v) is 4.92. The molecule has 2 aromatic heterocycles. The molecule has 5 nitrogen and oxygen atoms in total. The lowest BCUT2D eigenvalue weighted by Crippen LogP contribution is -2.33. The van der Waals surface area contributed by atoms with E-state index in [0.29, 0.717) is 6.42 Å². The van der Waals surface area contributed by atoms with Crippen LogP contribution in [0.4, 0.5) is 0 Å². The van der Waals surface area contributed by atoms with Crippen molar-refractivity contribution in [2.75, 3.05) is 0 Å². The van der Waals surface area contributed by atoms with Crippen molar-refractivity contribution in [2.45, 2.75) is 53.5 Å². The van der Waals surface area contributed by atoms with E-state index in [9.17, 15) is 4.79 Å². The number of hydrogen-bond acceptors (Lipinski definition) is 3. The molecule has 1 N–H and O–H groups in total. The van der Waals surface area contributed by atoms with Gasteiger partial charge in [-0.05, 0) is 39.7 Å². The van der Waals surface area contributed by atoms with E-state index in [2.05, 4.69) is 24.4 Å². The van der Waals surface area contributed by atoms with E-state index in [-0.39, 0.29) is 11.9 Å². The summed E-state index contributed by atoms with van der Waals surface area (Å²) in [7, 11) is 0. The Bertz CT molecular complexity index is 944. The predicted octanol–water partition coefficient (Wildman–Crippen LogP) is 3.78. The van der Waals surface area contributed by atoms with E-state index < -0.39 is 0 Å². The lowest BCUT2D eigenvalue weighted by molar-refractivity contribution is -0.121. The number of carbonyl (C=O) groups is 1. The minimum absolute atomic E-state index is 0.0267. The van der Waals surface area contributed by atoms with Crippen LogP contribution in [-0.4, -0.2) is 26.5 Å². The summed E-state index contributed by atoms with van der Waals surface area (Å²) in [5.41, 5.74) is 6.73. The predicted molar refractivity (Wildman–Crippen MR) is 104 cm³/mol. The number of hydrogen-bond donors (Lipinski definition) is 1. The Morgan fingerprint density at radius 3 is 2.50 bits per heavy atom. The summed E-state index contributed by atoms with van der Waals surface area (Å²) in [5, 5.41) is 7.72. The van der Waals surface area contributed by atoms with E-state index in [1.54, 1.807) is 0 Å². The smallest absolute Gasteiger partial charge is 0.224 e. The Balaban J connectivity index is 2.06. The molecule has 136 valence electrons. The number of nitrogens with zero attached hydrogens (tertiary/aromatic N) is 3. The van der Waals surface area contributed by atoms with Gasteiger partial charge in [-0.3, -0.25) is 4.79 Å². The summed E-state index contributed by atoms with van der Waals surface area (Å²) in [5.74, 6) is 0.0267. The summed E-state index contributed by atoms with van der Waals surface area (Å²) in [6, 6.07) is 10.4. The Labute approximate surface area is 154 Å². The largest absolute Gasteiger partial charge is 0.353 e. The van der Waals surface area contributed by atoms with E-state index in [0.717, 1.165) is 45.8 Å². The zero-order chi connectivity index (χ0) is 18.8. The Hall–Kier alpha value is -2.69. The maximum Gasteiger partial charge on any atom is 0.224 e. The number of aromatic nitrogens is 3. The molecular formula is C21H26N4O. The first-order valence-corrected chi connectivity index (χ1v) is 9.12. The Morgan fingerprint density at radius 2 is 1.85 bits per heavy atom. The molecule has 0 spiro atoms. The second kappa shape index (κ2) is 7.28. The second-order valence-electron chi connectivity index (χ2n) is 6.88. The molecule has 0 fully saturated rings. The maximum atomic E-state index is 12.3. The fourth-order valence-electron chi connectivity index (χ4n) is 3.26. The zero-order valence-electron chi connectivity index (χ0n) is 16.1. The molecule has 0 unspecified atom stereocenters. The Morgan fingerprint density at radius 1 is 1.15 bits per heavy atom. The van der Waals surface area contributed by atoms with Gasteiger partial charge in [0.25, 0.3) is 0 Å². The van der Waals surface area contributed by atoms with Gasteiger partial charge < -0.3 is 5.32 Å². The number of benzene rings is 1. The molecule has 0 aliphatic heterocycles. The number of rotatable bonds is 5.